The highest BCUT2D eigenvalue weighted by atomic mass is 16.2. The van der Waals surface area contributed by atoms with E-state index in [0.717, 1.165) is 36.0 Å². The average molecular weight is 432 g/mol. The van der Waals surface area contributed by atoms with Crippen LogP contribution in [0.15, 0.2) is 53.6 Å². The van der Waals surface area contributed by atoms with E-state index >= 15 is 0 Å². The molecule has 1 amide bonds. The molecular formula is C25H29N5O2. The number of hydrogen-bond donors (Lipinski definition) is 2. The predicted molar refractivity (Wildman–Crippen MR) is 129 cm³/mol. The number of nitrogens with zero attached hydrogens (tertiary/aromatic N) is 3. The number of anilines is 1. The molecule has 0 aliphatic carbocycles. The number of carbonyl (C=O) groups excluding carboxylic acids is 1. The van der Waals surface area contributed by atoms with E-state index < -0.39 is 0 Å². The fourth-order valence-electron chi connectivity index (χ4n) is 4.02. The summed E-state index contributed by atoms with van der Waals surface area (Å²) in [5, 5.41) is 3.84. The van der Waals surface area contributed by atoms with Gasteiger partial charge < -0.3 is 15.2 Å². The third-order valence-corrected chi connectivity index (χ3v) is 5.72. The van der Waals surface area contributed by atoms with E-state index in [-0.39, 0.29) is 18.0 Å². The summed E-state index contributed by atoms with van der Waals surface area (Å²) >= 11 is 0. The van der Waals surface area contributed by atoms with Crippen molar-refractivity contribution in [3.63, 3.8) is 0 Å². The van der Waals surface area contributed by atoms with Gasteiger partial charge in [-0.25, -0.2) is 4.98 Å². The molecule has 2 heterocycles. The summed E-state index contributed by atoms with van der Waals surface area (Å²) in [6.45, 7) is 8.47. The topological polar surface area (TPSA) is 83.0 Å². The number of carbonyl (C=O) groups is 1. The van der Waals surface area contributed by atoms with Gasteiger partial charge in [-0.2, -0.15) is 0 Å². The van der Waals surface area contributed by atoms with E-state index in [1.165, 1.54) is 22.1 Å². The molecule has 0 radical (unpaired) electrons. The second-order valence-corrected chi connectivity index (χ2v) is 8.20. The lowest BCUT2D eigenvalue weighted by molar-refractivity contribution is -0.121. The first kappa shape index (κ1) is 21.6. The Balaban J connectivity index is 1.36. The summed E-state index contributed by atoms with van der Waals surface area (Å²) in [4.78, 5) is 35.2. The molecule has 7 heteroatoms. The number of benzene rings is 2. The van der Waals surface area contributed by atoms with Crippen molar-refractivity contribution in [2.45, 2.75) is 33.7 Å². The lowest BCUT2D eigenvalue weighted by Crippen LogP contribution is -2.34. The van der Waals surface area contributed by atoms with Gasteiger partial charge in [-0.15, -0.1) is 0 Å². The maximum atomic E-state index is 12.9. The van der Waals surface area contributed by atoms with Crippen molar-refractivity contribution in [3.05, 3.63) is 70.3 Å². The Kier molecular flexibility index (Phi) is 6.25. The molecule has 4 rings (SSSR count). The van der Waals surface area contributed by atoms with Crippen LogP contribution in [0.4, 0.5) is 5.69 Å². The first-order valence-electron chi connectivity index (χ1n) is 11.0. The molecule has 166 valence electrons. The molecule has 0 fully saturated rings. The second-order valence-electron chi connectivity index (χ2n) is 8.20. The standard InChI is InChI=1S/C25H29N5O2/c1-4-29(19-8-5-7-17(2)13-19)12-6-11-26-22(31)15-30-16-27-23-20-14-18(3)9-10-21(20)28-24(23)25(30)32/h5,7-10,13-14,16,28H,4,6,11-12,15H2,1-3H3,(H,26,31). The minimum atomic E-state index is -0.240. The van der Waals surface area contributed by atoms with Crippen molar-refractivity contribution in [1.82, 2.24) is 19.9 Å². The van der Waals surface area contributed by atoms with Gasteiger partial charge in [-0.05, 0) is 57.0 Å². The SMILES string of the molecule is CCN(CCCNC(=O)Cn1cnc2c([nH]c3ccc(C)cc32)c1=O)c1cccc(C)c1. The number of aromatic amines is 1. The van der Waals surface area contributed by atoms with Crippen molar-refractivity contribution in [1.29, 1.82) is 0 Å². The summed E-state index contributed by atoms with van der Waals surface area (Å²) in [5.41, 5.74) is 5.22. The Morgan fingerprint density at radius 2 is 1.97 bits per heavy atom. The van der Waals surface area contributed by atoms with Crippen molar-refractivity contribution in [2.24, 2.45) is 0 Å². The van der Waals surface area contributed by atoms with E-state index in [9.17, 15) is 9.59 Å². The Morgan fingerprint density at radius 1 is 1.16 bits per heavy atom. The number of fused-ring (bicyclic) bond motifs is 3. The molecule has 0 aliphatic heterocycles. The van der Waals surface area contributed by atoms with E-state index in [1.54, 1.807) is 0 Å². The third kappa shape index (κ3) is 4.51. The second kappa shape index (κ2) is 9.26. The van der Waals surface area contributed by atoms with Crippen LogP contribution >= 0.6 is 0 Å². The molecule has 0 aliphatic rings. The highest BCUT2D eigenvalue weighted by Crippen LogP contribution is 2.22. The summed E-state index contributed by atoms with van der Waals surface area (Å²) in [6.07, 6.45) is 2.28. The third-order valence-electron chi connectivity index (χ3n) is 5.72. The average Bonchev–Trinajstić information content (AvgIpc) is 3.14. The van der Waals surface area contributed by atoms with Crippen molar-refractivity contribution < 1.29 is 4.79 Å². The van der Waals surface area contributed by atoms with E-state index in [1.807, 2.05) is 25.1 Å². The predicted octanol–water partition coefficient (Wildman–Crippen LogP) is 3.53. The molecule has 0 spiro atoms. The zero-order valence-electron chi connectivity index (χ0n) is 18.8. The number of aryl methyl sites for hydroxylation is 2. The largest absolute Gasteiger partial charge is 0.372 e. The van der Waals surface area contributed by atoms with Gasteiger partial charge in [0.2, 0.25) is 5.91 Å². The van der Waals surface area contributed by atoms with Gasteiger partial charge in [0.1, 0.15) is 17.6 Å². The molecule has 0 atom stereocenters. The molecule has 32 heavy (non-hydrogen) atoms. The molecule has 0 unspecified atom stereocenters. The van der Waals surface area contributed by atoms with Crippen LogP contribution in [0.5, 0.6) is 0 Å². The fourth-order valence-corrected chi connectivity index (χ4v) is 4.02. The first-order chi connectivity index (χ1) is 15.5. The van der Waals surface area contributed by atoms with Gasteiger partial charge in [0.15, 0.2) is 0 Å². The molecule has 4 aromatic rings. The number of nitrogens with one attached hydrogen (secondary N) is 2. The Labute approximate surface area is 187 Å². The highest BCUT2D eigenvalue weighted by molar-refractivity contribution is 6.04. The van der Waals surface area contributed by atoms with Gasteiger partial charge in [-0.3, -0.25) is 14.2 Å². The summed E-state index contributed by atoms with van der Waals surface area (Å²) in [7, 11) is 0. The monoisotopic (exact) mass is 431 g/mol. The molecule has 2 N–H and O–H groups in total. The van der Waals surface area contributed by atoms with Crippen LogP contribution < -0.4 is 15.8 Å². The lowest BCUT2D eigenvalue weighted by Gasteiger charge is -2.23. The van der Waals surface area contributed by atoms with E-state index in [2.05, 4.69) is 58.3 Å². The Morgan fingerprint density at radius 3 is 2.75 bits per heavy atom. The van der Waals surface area contributed by atoms with Gasteiger partial charge in [0, 0.05) is 36.2 Å². The van der Waals surface area contributed by atoms with Gasteiger partial charge >= 0.3 is 0 Å². The summed E-state index contributed by atoms with van der Waals surface area (Å²) in [6, 6.07) is 14.4. The van der Waals surface area contributed by atoms with Crippen LogP contribution in [0.25, 0.3) is 21.9 Å². The zero-order valence-corrected chi connectivity index (χ0v) is 18.8. The number of aromatic nitrogens is 3. The van der Waals surface area contributed by atoms with Crippen LogP contribution in [-0.4, -0.2) is 40.1 Å². The highest BCUT2D eigenvalue weighted by Gasteiger charge is 2.13. The number of hydrogen-bond acceptors (Lipinski definition) is 4. The number of H-pyrrole nitrogens is 1. The van der Waals surface area contributed by atoms with Gasteiger partial charge in [-0.1, -0.05) is 23.8 Å². The quantitative estimate of drug-likeness (QED) is 0.418. The van der Waals surface area contributed by atoms with Gasteiger partial charge in [0.05, 0.1) is 6.33 Å². The fraction of sp³-hybridized carbons (Fsp3) is 0.320. The molecule has 7 nitrogen and oxygen atoms in total. The molecule has 2 aromatic carbocycles. The summed E-state index contributed by atoms with van der Waals surface area (Å²) < 4.78 is 1.35. The van der Waals surface area contributed by atoms with Crippen molar-refractivity contribution in [3.8, 4) is 0 Å². The molecule has 0 bridgehead atoms. The van der Waals surface area contributed by atoms with E-state index in [4.69, 9.17) is 0 Å². The smallest absolute Gasteiger partial charge is 0.278 e. The molecule has 0 saturated carbocycles. The molecular weight excluding hydrogens is 402 g/mol. The summed E-state index contributed by atoms with van der Waals surface area (Å²) in [5.74, 6) is -0.196. The minimum Gasteiger partial charge on any atom is -0.372 e. The van der Waals surface area contributed by atoms with Crippen LogP contribution in [0.3, 0.4) is 0 Å². The Hall–Kier alpha value is -3.61. The molecule has 2 aromatic heterocycles. The normalized spacial score (nSPS) is 11.2. The molecule has 0 saturated heterocycles. The van der Waals surface area contributed by atoms with Crippen molar-refractivity contribution >= 4 is 33.5 Å². The number of amides is 1. The van der Waals surface area contributed by atoms with Crippen LogP contribution in [0.2, 0.25) is 0 Å². The zero-order chi connectivity index (χ0) is 22.7. The van der Waals surface area contributed by atoms with Crippen LogP contribution in [0, 0.1) is 13.8 Å². The van der Waals surface area contributed by atoms with Crippen molar-refractivity contribution in [2.75, 3.05) is 24.5 Å². The van der Waals surface area contributed by atoms with Gasteiger partial charge in [0.25, 0.3) is 5.56 Å². The lowest BCUT2D eigenvalue weighted by atomic mass is 10.2. The maximum absolute atomic E-state index is 12.9. The minimum absolute atomic E-state index is 0.0501. The van der Waals surface area contributed by atoms with E-state index in [0.29, 0.717) is 17.6 Å². The Bertz CT molecular complexity index is 1320. The first-order valence-corrected chi connectivity index (χ1v) is 11.0. The number of rotatable bonds is 8. The van der Waals surface area contributed by atoms with Crippen LogP contribution in [0.1, 0.15) is 24.5 Å². The van der Waals surface area contributed by atoms with Crippen LogP contribution in [-0.2, 0) is 11.3 Å². The maximum Gasteiger partial charge on any atom is 0.278 e.